The van der Waals surface area contributed by atoms with Gasteiger partial charge in [0.2, 0.25) is 0 Å². The molecule has 1 aliphatic rings. The van der Waals surface area contributed by atoms with E-state index in [1.165, 1.54) is 13.2 Å². The number of carbonyl (C=O) groups excluding carboxylic acids is 3. The number of benzene rings is 1. The lowest BCUT2D eigenvalue weighted by atomic mass is 10.1. The Bertz CT molecular complexity index is 558. The summed E-state index contributed by atoms with van der Waals surface area (Å²) in [5.41, 5.74) is 0.588. The summed E-state index contributed by atoms with van der Waals surface area (Å²) >= 11 is 0. The zero-order valence-electron chi connectivity index (χ0n) is 10.8. The number of nitrogens with zero attached hydrogens (tertiary/aromatic N) is 1. The number of imide groups is 1. The van der Waals surface area contributed by atoms with Crippen molar-refractivity contribution in [2.45, 2.75) is 6.04 Å². The first-order chi connectivity index (χ1) is 9.60. The lowest BCUT2D eigenvalue weighted by molar-refractivity contribution is -0.134. The molecule has 1 heterocycles. The van der Waals surface area contributed by atoms with Crippen molar-refractivity contribution in [3.05, 3.63) is 47.5 Å². The van der Waals surface area contributed by atoms with Gasteiger partial charge in [-0.25, -0.2) is 4.79 Å². The number of amides is 2. The van der Waals surface area contributed by atoms with Crippen LogP contribution in [0.15, 0.2) is 36.4 Å². The molecule has 0 radical (unpaired) electrons. The number of rotatable bonds is 4. The second-order valence-electron chi connectivity index (χ2n) is 4.16. The number of esters is 1. The van der Waals surface area contributed by atoms with Gasteiger partial charge in [0.1, 0.15) is 0 Å². The van der Waals surface area contributed by atoms with E-state index < -0.39 is 30.4 Å². The van der Waals surface area contributed by atoms with E-state index in [1.807, 2.05) is 0 Å². The van der Waals surface area contributed by atoms with Gasteiger partial charge in [0.05, 0.1) is 30.9 Å². The van der Waals surface area contributed by atoms with Gasteiger partial charge >= 0.3 is 5.97 Å². The largest absolute Gasteiger partial charge is 0.466 e. The molecule has 1 aromatic carbocycles. The van der Waals surface area contributed by atoms with E-state index >= 15 is 0 Å². The van der Waals surface area contributed by atoms with Crippen LogP contribution in [0.1, 0.15) is 20.7 Å². The molecule has 6 nitrogen and oxygen atoms in total. The fourth-order valence-corrected chi connectivity index (χ4v) is 2.00. The van der Waals surface area contributed by atoms with Crippen LogP contribution in [0.3, 0.4) is 0 Å². The predicted octanol–water partition coefficient (Wildman–Crippen LogP) is 0.373. The molecule has 0 spiro atoms. The highest BCUT2D eigenvalue weighted by molar-refractivity contribution is 6.21. The molecule has 0 saturated heterocycles. The standard InChI is InChI=1S/C14H13NO5/c1-20-12(17)7-6-9(8-16)15-13(18)10-4-2-3-5-11(10)14(15)19/h2-7,9,16H,8H2,1H3/b7-6+. The highest BCUT2D eigenvalue weighted by Crippen LogP contribution is 2.24. The fraction of sp³-hybridized carbons (Fsp3) is 0.214. The molecule has 0 fully saturated rings. The number of hydrogen-bond donors (Lipinski definition) is 1. The number of fused-ring (bicyclic) bond motifs is 1. The van der Waals surface area contributed by atoms with Crippen LogP contribution >= 0.6 is 0 Å². The molecule has 20 heavy (non-hydrogen) atoms. The summed E-state index contributed by atoms with van der Waals surface area (Å²) in [6, 6.07) is 5.51. The zero-order chi connectivity index (χ0) is 14.7. The smallest absolute Gasteiger partial charge is 0.330 e. The molecule has 1 unspecified atom stereocenters. The Morgan fingerprint density at radius 3 is 2.30 bits per heavy atom. The van der Waals surface area contributed by atoms with E-state index in [2.05, 4.69) is 4.74 Å². The summed E-state index contributed by atoms with van der Waals surface area (Å²) in [6.45, 7) is -0.473. The summed E-state index contributed by atoms with van der Waals surface area (Å²) in [7, 11) is 1.21. The first-order valence-electron chi connectivity index (χ1n) is 5.94. The zero-order valence-corrected chi connectivity index (χ0v) is 10.8. The molecule has 1 N–H and O–H groups in total. The molecular weight excluding hydrogens is 262 g/mol. The molecule has 1 aromatic rings. The van der Waals surface area contributed by atoms with E-state index in [1.54, 1.807) is 24.3 Å². The van der Waals surface area contributed by atoms with Gasteiger partial charge in [-0.2, -0.15) is 0 Å². The number of carbonyl (C=O) groups is 3. The minimum atomic E-state index is -0.901. The average molecular weight is 275 g/mol. The third-order valence-corrected chi connectivity index (χ3v) is 3.00. The molecule has 0 aliphatic carbocycles. The van der Waals surface area contributed by atoms with E-state index in [-0.39, 0.29) is 0 Å². The SMILES string of the molecule is COC(=O)/C=C/C(CO)N1C(=O)c2ccccc2C1=O. The van der Waals surface area contributed by atoms with Crippen molar-refractivity contribution in [1.82, 2.24) is 4.90 Å². The van der Waals surface area contributed by atoms with Crippen molar-refractivity contribution in [3.63, 3.8) is 0 Å². The predicted molar refractivity (Wildman–Crippen MR) is 69.0 cm³/mol. The third kappa shape index (κ3) is 2.33. The molecule has 0 aromatic heterocycles. The van der Waals surface area contributed by atoms with Gasteiger partial charge in [0.25, 0.3) is 11.8 Å². The first kappa shape index (κ1) is 14.0. The van der Waals surface area contributed by atoms with Gasteiger partial charge < -0.3 is 9.84 Å². The molecular formula is C14H13NO5. The van der Waals surface area contributed by atoms with E-state index in [0.29, 0.717) is 11.1 Å². The average Bonchev–Trinajstić information content (AvgIpc) is 2.73. The Hall–Kier alpha value is -2.47. The maximum Gasteiger partial charge on any atom is 0.330 e. The number of hydrogen-bond acceptors (Lipinski definition) is 5. The molecule has 2 rings (SSSR count). The van der Waals surface area contributed by atoms with E-state index in [0.717, 1.165) is 11.0 Å². The Kier molecular flexibility index (Phi) is 3.95. The molecule has 6 heteroatoms. The van der Waals surface area contributed by atoms with Gasteiger partial charge in [0, 0.05) is 6.08 Å². The summed E-state index contributed by atoms with van der Waals surface area (Å²) in [4.78, 5) is 36.3. The van der Waals surface area contributed by atoms with Gasteiger partial charge in [-0.1, -0.05) is 18.2 Å². The number of aliphatic hydroxyl groups is 1. The normalized spacial score (nSPS) is 15.6. The first-order valence-corrected chi connectivity index (χ1v) is 5.94. The third-order valence-electron chi connectivity index (χ3n) is 3.00. The van der Waals surface area contributed by atoms with Gasteiger partial charge in [-0.3, -0.25) is 14.5 Å². The molecule has 1 atom stereocenters. The van der Waals surface area contributed by atoms with Crippen LogP contribution in [-0.4, -0.2) is 47.5 Å². The Labute approximate surface area is 115 Å². The molecule has 2 amide bonds. The van der Waals surface area contributed by atoms with Crippen LogP contribution < -0.4 is 0 Å². The lowest BCUT2D eigenvalue weighted by Gasteiger charge is -2.21. The number of methoxy groups -OCH3 is 1. The van der Waals surface area contributed by atoms with Crippen LogP contribution in [0.25, 0.3) is 0 Å². The summed E-state index contributed by atoms with van der Waals surface area (Å²) < 4.78 is 4.43. The monoisotopic (exact) mass is 275 g/mol. The topological polar surface area (TPSA) is 83.9 Å². The van der Waals surface area contributed by atoms with Crippen molar-refractivity contribution in [2.75, 3.05) is 13.7 Å². The van der Waals surface area contributed by atoms with Crippen molar-refractivity contribution in [1.29, 1.82) is 0 Å². The Morgan fingerprint density at radius 2 is 1.85 bits per heavy atom. The van der Waals surface area contributed by atoms with Crippen molar-refractivity contribution < 1.29 is 24.2 Å². The van der Waals surface area contributed by atoms with Gasteiger partial charge in [0.15, 0.2) is 0 Å². The van der Waals surface area contributed by atoms with Crippen LogP contribution in [0.5, 0.6) is 0 Å². The summed E-state index contributed by atoms with van der Waals surface area (Å²) in [5.74, 6) is -1.60. The second kappa shape index (κ2) is 5.66. The van der Waals surface area contributed by atoms with Crippen molar-refractivity contribution in [2.24, 2.45) is 0 Å². The minimum absolute atomic E-state index is 0.294. The van der Waals surface area contributed by atoms with Crippen molar-refractivity contribution in [3.8, 4) is 0 Å². The van der Waals surface area contributed by atoms with Crippen LogP contribution in [0.2, 0.25) is 0 Å². The summed E-state index contributed by atoms with van der Waals surface area (Å²) in [5, 5.41) is 9.34. The molecule has 0 bridgehead atoms. The van der Waals surface area contributed by atoms with Gasteiger partial charge in [-0.15, -0.1) is 0 Å². The van der Waals surface area contributed by atoms with E-state index in [4.69, 9.17) is 0 Å². The summed E-state index contributed by atoms with van der Waals surface area (Å²) in [6.07, 6.45) is 2.35. The maximum absolute atomic E-state index is 12.2. The van der Waals surface area contributed by atoms with Crippen LogP contribution in [0, 0.1) is 0 Å². The van der Waals surface area contributed by atoms with Crippen molar-refractivity contribution >= 4 is 17.8 Å². The molecule has 104 valence electrons. The number of aliphatic hydroxyl groups excluding tert-OH is 1. The Balaban J connectivity index is 2.29. The van der Waals surface area contributed by atoms with E-state index in [9.17, 15) is 19.5 Å². The number of ether oxygens (including phenoxy) is 1. The maximum atomic E-state index is 12.2. The van der Waals surface area contributed by atoms with Gasteiger partial charge in [-0.05, 0) is 12.1 Å². The minimum Gasteiger partial charge on any atom is -0.466 e. The highest BCUT2D eigenvalue weighted by Gasteiger charge is 2.38. The Morgan fingerprint density at radius 1 is 1.30 bits per heavy atom. The molecule has 0 saturated carbocycles. The lowest BCUT2D eigenvalue weighted by Crippen LogP contribution is -2.41. The molecule has 1 aliphatic heterocycles. The van der Waals surface area contributed by atoms with Crippen LogP contribution in [0.4, 0.5) is 0 Å². The second-order valence-corrected chi connectivity index (χ2v) is 4.16. The fourth-order valence-electron chi connectivity index (χ4n) is 2.00. The highest BCUT2D eigenvalue weighted by atomic mass is 16.5. The quantitative estimate of drug-likeness (QED) is 0.487. The van der Waals surface area contributed by atoms with Crippen LogP contribution in [-0.2, 0) is 9.53 Å².